The Morgan fingerprint density at radius 2 is 1.52 bits per heavy atom. The Morgan fingerprint density at radius 3 is 2.18 bits per heavy atom. The van der Waals surface area contributed by atoms with E-state index in [1.165, 1.54) is 19.1 Å². The number of aromatic nitrogens is 2. The molecule has 4 fully saturated rings. The fourth-order valence-corrected chi connectivity index (χ4v) is 13.3. The van der Waals surface area contributed by atoms with Gasteiger partial charge in [0.2, 0.25) is 23.5 Å². The summed E-state index contributed by atoms with van der Waals surface area (Å²) in [7, 11) is 9.32. The Balaban J connectivity index is 1.15. The highest BCUT2D eigenvalue weighted by Crippen LogP contribution is 2.38. The van der Waals surface area contributed by atoms with Gasteiger partial charge in [-0.15, -0.1) is 0 Å². The van der Waals surface area contributed by atoms with Crippen molar-refractivity contribution in [2.45, 2.75) is 192 Å². The van der Waals surface area contributed by atoms with Crippen LogP contribution in [-0.2, 0) is 68.5 Å². The molecule has 514 valence electrons. The van der Waals surface area contributed by atoms with Crippen molar-refractivity contribution in [1.82, 2.24) is 35.3 Å². The van der Waals surface area contributed by atoms with E-state index >= 15 is 0 Å². The predicted octanol–water partition coefficient (Wildman–Crippen LogP) is 4.37. The lowest BCUT2D eigenvalue weighted by atomic mass is 9.80. The summed E-state index contributed by atoms with van der Waals surface area (Å²) in [5.41, 5.74) is 9.16. The van der Waals surface area contributed by atoms with Crippen LogP contribution < -0.4 is 21.3 Å². The molecule has 1 aromatic rings. The smallest absolute Gasteiger partial charge is 0.407 e. The van der Waals surface area contributed by atoms with E-state index in [2.05, 4.69) is 20.6 Å². The van der Waals surface area contributed by atoms with Gasteiger partial charge >= 0.3 is 12.1 Å². The number of aliphatic hydroxyl groups excluding tert-OH is 1. The number of likely N-dealkylation sites (N-methyl/N-ethyl adjacent to an activating group) is 2. The number of rotatable bonds is 15. The number of Topliss-reactive ketones (excluding diaryl/α,β-unsaturated/α-hetero) is 2. The Hall–Kier alpha value is -6.03. The molecule has 5 heterocycles. The van der Waals surface area contributed by atoms with Gasteiger partial charge in [0.1, 0.15) is 30.5 Å². The summed E-state index contributed by atoms with van der Waals surface area (Å²) in [6.07, 6.45) is 12.4. The Kier molecular flexibility index (Phi) is 29.4. The number of nitrogens with two attached hydrogens (primary N) is 1. The standard InChI is InChI=1S/C67H105N9O16/c1-41-18-14-13-15-19-42(2)53(86-9)34-49-23-21-46(6)67(85,92-49)62(81)63(82)76-25-17-16-20-51(76)64(83)90-55(35-54(87-10)43(3)31-45(5)60(80)61(89-12)59(79)44(4)30-41)50(68)32-47-22-24-52(56(33-47)88-11)91-66(84)72-38-48-36-70-65(71-37-48)75-28-26-74(27-29-75)58(78)40-73(8)39-57(77)69-7/h13-15,18-19,31,36-37,41,43-44,46-47,49-56,60-61,80,85H,16-17,20-30,32-35,38-40,68H2,1-12H3,(H,69,77)(H,72,84)/b15-13+,18-14+,42-19+,45-31+/t41-,43-,44-,46-,47+,49+,50-,51+,52-,53+,54-,55+,56-,60-,61+,67-/m1/s1. The molecule has 0 aromatic carbocycles. The molecule has 4 amide bonds. The molecule has 1 aromatic heterocycles. The molecule has 0 spiro atoms. The first-order valence-corrected chi connectivity index (χ1v) is 32.8. The number of amides is 4. The number of carbonyl (C=O) groups is 7. The third kappa shape index (κ3) is 20.7. The van der Waals surface area contributed by atoms with Crippen LogP contribution in [0.3, 0.4) is 0 Å². The molecule has 4 aliphatic heterocycles. The fourth-order valence-electron chi connectivity index (χ4n) is 13.3. The summed E-state index contributed by atoms with van der Waals surface area (Å²) in [5.74, 6) is -7.15. The molecule has 1 aliphatic carbocycles. The average molecular weight is 1290 g/mol. The molecule has 5 aliphatic rings. The SMILES string of the molecule is CNC(=O)CN(C)CC(=O)N1CCN(c2ncc(CNC(=O)O[C@@H]3CC[C@@H](C[C@@H](N)[C@@H]4C[C@@H](OC)[C@H](C)/C=C(\C)[C@@H](O)[C@@H](OC)C(=O)[C@H](C)C[C@H](C)/C=C/C=C/C=C(\C)[C@@H](OC)C[C@@H]5CC[C@@H](C)[C@@](O)(O5)C(=O)C(=O)N5CCCC[C@H]5C(=O)O4)C[C@H]3OC)cn2)CC1. The summed E-state index contributed by atoms with van der Waals surface area (Å²) in [6.45, 7) is 13.4. The Labute approximate surface area is 543 Å². The monoisotopic (exact) mass is 1290 g/mol. The largest absolute Gasteiger partial charge is 0.459 e. The van der Waals surface area contributed by atoms with Crippen molar-refractivity contribution < 1.29 is 76.9 Å². The molecule has 3 saturated heterocycles. The van der Waals surface area contributed by atoms with Gasteiger partial charge in [0, 0.05) is 129 Å². The Morgan fingerprint density at radius 1 is 0.815 bits per heavy atom. The van der Waals surface area contributed by atoms with Crippen molar-refractivity contribution in [3.63, 3.8) is 0 Å². The number of methoxy groups -OCH3 is 4. The molecule has 25 nitrogen and oxygen atoms in total. The fraction of sp³-hybridized carbons (Fsp3) is 0.716. The van der Waals surface area contributed by atoms with Gasteiger partial charge in [0.15, 0.2) is 5.78 Å². The van der Waals surface area contributed by atoms with Crippen LogP contribution in [0.25, 0.3) is 0 Å². The zero-order valence-corrected chi connectivity index (χ0v) is 56.3. The number of nitrogens with zero attached hydrogens (tertiary/aromatic N) is 6. The third-order valence-corrected chi connectivity index (χ3v) is 19.1. The minimum atomic E-state index is -2.47. The number of alkyl carbamates (subject to hydrolysis) is 1. The second kappa shape index (κ2) is 36.0. The van der Waals surface area contributed by atoms with E-state index in [-0.39, 0.29) is 68.5 Å². The molecule has 0 radical (unpaired) electrons. The van der Waals surface area contributed by atoms with E-state index in [9.17, 15) is 43.8 Å². The molecule has 6 rings (SSSR count). The summed E-state index contributed by atoms with van der Waals surface area (Å²) in [6, 6.07) is -2.00. The number of ketones is 2. The van der Waals surface area contributed by atoms with Crippen LogP contribution in [-0.4, -0.2) is 231 Å². The number of fused-ring (bicyclic) bond motifs is 3. The number of esters is 1. The van der Waals surface area contributed by atoms with E-state index in [1.807, 2.05) is 69.1 Å². The van der Waals surface area contributed by atoms with Crippen LogP contribution in [0.2, 0.25) is 0 Å². The highest BCUT2D eigenvalue weighted by molar-refractivity contribution is 6.39. The first-order valence-electron chi connectivity index (χ1n) is 32.8. The van der Waals surface area contributed by atoms with Gasteiger partial charge in [-0.25, -0.2) is 19.6 Å². The van der Waals surface area contributed by atoms with Crippen molar-refractivity contribution >= 4 is 47.3 Å². The summed E-state index contributed by atoms with van der Waals surface area (Å²) >= 11 is 0. The number of anilines is 1. The number of hydrogen-bond donors (Lipinski definition) is 5. The van der Waals surface area contributed by atoms with E-state index < -0.39 is 108 Å². The zero-order chi connectivity index (χ0) is 67.4. The summed E-state index contributed by atoms with van der Waals surface area (Å²) in [4.78, 5) is 111. The first kappa shape index (κ1) is 75.0. The van der Waals surface area contributed by atoms with Gasteiger partial charge in [-0.3, -0.25) is 28.9 Å². The minimum absolute atomic E-state index is 0.00233. The number of allylic oxidation sites excluding steroid dienone is 5. The van der Waals surface area contributed by atoms with Gasteiger partial charge in [-0.2, -0.15) is 0 Å². The van der Waals surface area contributed by atoms with Crippen molar-refractivity contribution in [2.24, 2.45) is 35.3 Å². The molecule has 92 heavy (non-hydrogen) atoms. The normalized spacial score (nSPS) is 33.7. The number of piperidine rings is 1. The Bertz CT molecular complexity index is 2740. The van der Waals surface area contributed by atoms with Gasteiger partial charge < -0.3 is 74.4 Å². The lowest BCUT2D eigenvalue weighted by Gasteiger charge is -2.43. The molecule has 2 bridgehead atoms. The van der Waals surface area contributed by atoms with Gasteiger partial charge in [-0.05, 0) is 108 Å². The first-order chi connectivity index (χ1) is 43.8. The maximum atomic E-state index is 14.8. The summed E-state index contributed by atoms with van der Waals surface area (Å²) < 4.78 is 42.3. The second-order valence-corrected chi connectivity index (χ2v) is 26.0. The summed E-state index contributed by atoms with van der Waals surface area (Å²) in [5, 5.41) is 29.2. The third-order valence-electron chi connectivity index (χ3n) is 19.1. The van der Waals surface area contributed by atoms with Gasteiger partial charge in [0.25, 0.3) is 11.7 Å². The molecule has 25 heteroatoms. The lowest BCUT2D eigenvalue weighted by Crippen LogP contribution is -2.61. The van der Waals surface area contributed by atoms with Crippen molar-refractivity contribution in [3.8, 4) is 0 Å². The average Bonchev–Trinajstić information content (AvgIpc) is 0.807. The number of cyclic esters (lactones) is 1. The number of piperazine rings is 1. The van der Waals surface area contributed by atoms with Crippen molar-refractivity contribution in [3.05, 3.63) is 65.6 Å². The van der Waals surface area contributed by atoms with E-state index in [1.54, 1.807) is 64.4 Å². The van der Waals surface area contributed by atoms with Gasteiger partial charge in [-0.1, -0.05) is 64.2 Å². The van der Waals surface area contributed by atoms with Crippen LogP contribution in [0.1, 0.15) is 124 Å². The minimum Gasteiger partial charge on any atom is -0.459 e. The highest BCUT2D eigenvalue weighted by atomic mass is 16.6. The van der Waals surface area contributed by atoms with Crippen molar-refractivity contribution in [1.29, 1.82) is 0 Å². The lowest BCUT2D eigenvalue weighted by molar-refractivity contribution is -0.265. The zero-order valence-electron chi connectivity index (χ0n) is 56.3. The van der Waals surface area contributed by atoms with Crippen LogP contribution in [0.4, 0.5) is 10.7 Å². The van der Waals surface area contributed by atoms with E-state index in [0.717, 1.165) is 5.57 Å². The number of carbonyl (C=O) groups excluding carboxylic acids is 7. The molecular formula is C67H105N9O16. The van der Waals surface area contributed by atoms with Crippen LogP contribution >= 0.6 is 0 Å². The number of aliphatic hydroxyl groups is 2. The second-order valence-electron chi connectivity index (χ2n) is 26.0. The molecule has 1 saturated carbocycles. The highest BCUT2D eigenvalue weighted by Gasteiger charge is 2.53. The van der Waals surface area contributed by atoms with E-state index in [4.69, 9.17) is 38.9 Å². The maximum Gasteiger partial charge on any atom is 0.407 e. The maximum absolute atomic E-state index is 14.8. The quantitative estimate of drug-likeness (QED) is 0.0925. The molecule has 16 atom stereocenters. The molecular weight excluding hydrogens is 1190 g/mol. The van der Waals surface area contributed by atoms with Crippen LogP contribution in [0, 0.1) is 29.6 Å². The van der Waals surface area contributed by atoms with E-state index in [0.29, 0.717) is 107 Å². The van der Waals surface area contributed by atoms with Crippen molar-refractivity contribution in [2.75, 3.05) is 93.2 Å². The predicted molar refractivity (Wildman–Crippen MR) is 343 cm³/mol. The van der Waals surface area contributed by atoms with Gasteiger partial charge in [0.05, 0.1) is 37.5 Å². The molecule has 0 unspecified atom stereocenters. The van der Waals surface area contributed by atoms with Crippen LogP contribution in [0.15, 0.2) is 60.0 Å². The number of ether oxygens (including phenoxy) is 7. The molecule has 6 N–H and O–H groups in total. The topological polar surface area (TPSA) is 313 Å². The van der Waals surface area contributed by atoms with Crippen LogP contribution in [0.5, 0.6) is 0 Å². The number of hydrogen-bond acceptors (Lipinski definition) is 21. The number of nitrogens with one attached hydrogen (secondary N) is 2.